The van der Waals surface area contributed by atoms with Crippen LogP contribution < -0.4 is 10.6 Å². The van der Waals surface area contributed by atoms with Gasteiger partial charge in [0.1, 0.15) is 0 Å². The predicted octanol–water partition coefficient (Wildman–Crippen LogP) is 0.413. The van der Waals surface area contributed by atoms with Gasteiger partial charge in [-0.1, -0.05) is 0 Å². The Labute approximate surface area is 116 Å². The number of nitrogens with zero attached hydrogens (tertiary/aromatic N) is 1. The molecule has 1 aromatic rings. The molecule has 0 aromatic heterocycles. The van der Waals surface area contributed by atoms with E-state index in [4.69, 9.17) is 10.8 Å². The highest BCUT2D eigenvalue weighted by atomic mass is 32.3. The Hall–Kier alpha value is -1.67. The van der Waals surface area contributed by atoms with Crippen molar-refractivity contribution < 1.29 is 22.2 Å². The summed E-state index contributed by atoms with van der Waals surface area (Å²) < 4.78 is 34.0. The van der Waals surface area contributed by atoms with Crippen molar-refractivity contribution in [2.75, 3.05) is 22.9 Å². The molecule has 1 aliphatic rings. The molecule has 1 aliphatic heterocycles. The normalized spacial score (nSPS) is 19.6. The van der Waals surface area contributed by atoms with Gasteiger partial charge < -0.3 is 15.7 Å². The molecule has 1 unspecified atom stereocenters. The summed E-state index contributed by atoms with van der Waals surface area (Å²) in [5.41, 5.74) is 7.10. The van der Waals surface area contributed by atoms with Crippen molar-refractivity contribution in [2.24, 2.45) is 5.92 Å². The Morgan fingerprint density at radius 1 is 1.40 bits per heavy atom. The van der Waals surface area contributed by atoms with Crippen LogP contribution in [0.25, 0.3) is 0 Å². The third-order valence-electron chi connectivity index (χ3n) is 3.13. The Kier molecular flexibility index (Phi) is 3.96. The second kappa shape index (κ2) is 5.37. The van der Waals surface area contributed by atoms with E-state index in [0.717, 1.165) is 0 Å². The molecule has 2 rings (SSSR count). The number of nitrogens with two attached hydrogens (primary N) is 1. The zero-order chi connectivity index (χ0) is 14.9. The summed E-state index contributed by atoms with van der Waals surface area (Å²) in [6.45, 7) is -0.0985. The minimum Gasteiger partial charge on any atom is -0.399 e. The molecule has 110 valence electrons. The number of anilines is 2. The van der Waals surface area contributed by atoms with Gasteiger partial charge in [-0.05, 0) is 23.8 Å². The van der Waals surface area contributed by atoms with E-state index in [2.05, 4.69) is 0 Å². The van der Waals surface area contributed by atoms with Crippen LogP contribution >= 0.6 is 0 Å². The maximum Gasteiger partial charge on any atom is 0.302 e. The van der Waals surface area contributed by atoms with Crippen molar-refractivity contribution in [3.8, 4) is 0 Å². The topological polar surface area (TPSA) is 101 Å². The molecule has 3 N–H and O–H groups in total. The van der Waals surface area contributed by atoms with E-state index >= 15 is 0 Å². The van der Waals surface area contributed by atoms with E-state index in [1.54, 1.807) is 18.2 Å². The number of carbonyl (C=O) groups excluding carboxylic acids is 1. The van der Waals surface area contributed by atoms with Gasteiger partial charge in [-0.25, -0.2) is 0 Å². The lowest BCUT2D eigenvalue weighted by molar-refractivity contribution is -0.117. The number of hydrogen-bond acceptors (Lipinski definition) is 5. The van der Waals surface area contributed by atoms with E-state index in [-0.39, 0.29) is 25.5 Å². The highest BCUT2D eigenvalue weighted by Gasteiger charge is 2.33. The monoisotopic (exact) mass is 302 g/mol. The van der Waals surface area contributed by atoms with Crippen LogP contribution in [-0.4, -0.2) is 31.7 Å². The van der Waals surface area contributed by atoms with E-state index in [1.807, 2.05) is 0 Å². The van der Waals surface area contributed by atoms with E-state index < -0.39 is 21.9 Å². The maximum absolute atomic E-state index is 12.7. The molecule has 0 aliphatic carbocycles. The SMILES string of the molecule is Nc1cc(CO)cc(N2CC(CS(=O)(=O)F)CC2=O)c1. The van der Waals surface area contributed by atoms with Crippen LogP contribution in [-0.2, 0) is 21.6 Å². The fourth-order valence-electron chi connectivity index (χ4n) is 2.37. The zero-order valence-electron chi connectivity index (χ0n) is 10.6. The van der Waals surface area contributed by atoms with Gasteiger partial charge in [0.05, 0.1) is 12.4 Å². The van der Waals surface area contributed by atoms with Crippen LogP contribution in [0.15, 0.2) is 18.2 Å². The highest BCUT2D eigenvalue weighted by Crippen LogP contribution is 2.28. The second-order valence-corrected chi connectivity index (χ2v) is 6.28. The molecule has 6 nitrogen and oxygen atoms in total. The van der Waals surface area contributed by atoms with Gasteiger partial charge in [-0.2, -0.15) is 8.42 Å². The first kappa shape index (κ1) is 14.7. The van der Waals surface area contributed by atoms with Crippen molar-refractivity contribution in [3.63, 3.8) is 0 Å². The lowest BCUT2D eigenvalue weighted by Crippen LogP contribution is -2.25. The van der Waals surface area contributed by atoms with Crippen LogP contribution in [0.1, 0.15) is 12.0 Å². The van der Waals surface area contributed by atoms with Crippen LogP contribution in [0.4, 0.5) is 15.3 Å². The van der Waals surface area contributed by atoms with Gasteiger partial charge in [0.2, 0.25) is 5.91 Å². The average Bonchev–Trinajstić information content (AvgIpc) is 2.66. The molecule has 1 heterocycles. The smallest absolute Gasteiger partial charge is 0.302 e. The lowest BCUT2D eigenvalue weighted by Gasteiger charge is -2.18. The summed E-state index contributed by atoms with van der Waals surface area (Å²) in [7, 11) is -4.60. The number of rotatable bonds is 4. The van der Waals surface area contributed by atoms with Crippen molar-refractivity contribution in [1.82, 2.24) is 0 Å². The molecule has 0 spiro atoms. The van der Waals surface area contributed by atoms with Crippen molar-refractivity contribution in [3.05, 3.63) is 23.8 Å². The third-order valence-corrected chi connectivity index (χ3v) is 4.00. The van der Waals surface area contributed by atoms with Crippen LogP contribution in [0.5, 0.6) is 0 Å². The Bertz CT molecular complexity index is 632. The zero-order valence-corrected chi connectivity index (χ0v) is 11.4. The Balaban J connectivity index is 2.21. The van der Waals surface area contributed by atoms with E-state index in [0.29, 0.717) is 16.9 Å². The molecule has 0 bridgehead atoms. The number of halogens is 1. The van der Waals surface area contributed by atoms with Gasteiger partial charge in [-0.15, -0.1) is 3.89 Å². The van der Waals surface area contributed by atoms with Crippen molar-refractivity contribution in [2.45, 2.75) is 13.0 Å². The van der Waals surface area contributed by atoms with Crippen molar-refractivity contribution in [1.29, 1.82) is 0 Å². The lowest BCUT2D eigenvalue weighted by atomic mass is 10.1. The number of aliphatic hydroxyl groups excluding tert-OH is 1. The molecule has 1 aromatic carbocycles. The molecule has 1 amide bonds. The summed E-state index contributed by atoms with van der Waals surface area (Å²) >= 11 is 0. The quantitative estimate of drug-likeness (QED) is 0.620. The Morgan fingerprint density at radius 2 is 2.10 bits per heavy atom. The second-order valence-electron chi connectivity index (χ2n) is 4.87. The largest absolute Gasteiger partial charge is 0.399 e. The number of aliphatic hydroxyl groups is 1. The molecule has 1 saturated heterocycles. The van der Waals surface area contributed by atoms with Crippen molar-refractivity contribution >= 4 is 27.5 Å². The predicted molar refractivity (Wildman–Crippen MR) is 72.1 cm³/mol. The summed E-state index contributed by atoms with van der Waals surface area (Å²) in [5, 5.41) is 9.11. The first-order valence-corrected chi connectivity index (χ1v) is 7.57. The molecule has 1 atom stereocenters. The fraction of sp³-hybridized carbons (Fsp3) is 0.417. The third kappa shape index (κ3) is 3.45. The van der Waals surface area contributed by atoms with Gasteiger partial charge in [0, 0.05) is 30.3 Å². The molecular formula is C12H15FN2O4S. The molecule has 1 fully saturated rings. The maximum atomic E-state index is 12.7. The number of nitrogen functional groups attached to an aromatic ring is 1. The number of hydrogen-bond donors (Lipinski definition) is 2. The van der Waals surface area contributed by atoms with Crippen LogP contribution in [0.2, 0.25) is 0 Å². The summed E-state index contributed by atoms with van der Waals surface area (Å²) in [6, 6.07) is 4.73. The van der Waals surface area contributed by atoms with Gasteiger partial charge in [0.25, 0.3) is 0 Å². The summed E-state index contributed by atoms with van der Waals surface area (Å²) in [5.74, 6) is -1.52. The first-order chi connectivity index (χ1) is 9.28. The van der Waals surface area contributed by atoms with Gasteiger partial charge in [-0.3, -0.25) is 4.79 Å². The molecular weight excluding hydrogens is 287 g/mol. The minimum absolute atomic E-state index is 0.0214. The summed E-state index contributed by atoms with van der Waals surface area (Å²) in [4.78, 5) is 13.3. The fourth-order valence-corrected chi connectivity index (χ4v) is 3.16. The number of benzene rings is 1. The number of amides is 1. The summed E-state index contributed by atoms with van der Waals surface area (Å²) in [6.07, 6.45) is -0.0214. The van der Waals surface area contributed by atoms with E-state index in [9.17, 15) is 17.1 Å². The number of carbonyl (C=O) groups is 1. The minimum atomic E-state index is -4.60. The van der Waals surface area contributed by atoms with Gasteiger partial charge >= 0.3 is 10.2 Å². The van der Waals surface area contributed by atoms with Crippen LogP contribution in [0.3, 0.4) is 0 Å². The van der Waals surface area contributed by atoms with E-state index in [1.165, 1.54) is 4.90 Å². The molecule has 8 heteroatoms. The first-order valence-electron chi connectivity index (χ1n) is 6.01. The standard InChI is InChI=1S/C12H15FN2O4S/c13-20(18,19)7-9-3-12(17)15(5-9)11-2-8(6-16)1-10(14)4-11/h1-2,4,9,16H,3,5-7,14H2. The molecule has 0 saturated carbocycles. The average molecular weight is 302 g/mol. The van der Waals surface area contributed by atoms with Gasteiger partial charge in [0.15, 0.2) is 0 Å². The van der Waals surface area contributed by atoms with Crippen LogP contribution in [0, 0.1) is 5.92 Å². The molecule has 0 radical (unpaired) electrons. The Morgan fingerprint density at radius 3 is 2.70 bits per heavy atom. The highest BCUT2D eigenvalue weighted by molar-refractivity contribution is 7.86. The molecule has 20 heavy (non-hydrogen) atoms.